The third-order valence-electron chi connectivity index (χ3n) is 15.4. The first kappa shape index (κ1) is 43.1. The second kappa shape index (κ2) is 17.6. The van der Waals surface area contributed by atoms with Crippen LogP contribution >= 0.6 is 11.3 Å². The number of aromatic nitrogens is 1. The SMILES string of the molecule is c1cc(-c2ccc(N(c3ccc(-c4ccc(-c5ccc6ccc7ccccc7c6c5)cc4)cc3)c3ccc(-c4ccc5c(c4)sc4c6ccccc6ccc54)cc3)cc2)cc(-n2c3ccccc3c3ccccc32)c1. The molecule has 0 aliphatic carbocycles. The molecule has 2 nitrogen and oxygen atoms in total. The molecule has 0 fully saturated rings. The minimum absolute atomic E-state index is 1.09. The summed E-state index contributed by atoms with van der Waals surface area (Å²) in [5, 5.41) is 12.9. The van der Waals surface area contributed by atoms with Gasteiger partial charge in [0.1, 0.15) is 0 Å². The second-order valence-electron chi connectivity index (χ2n) is 19.7. The fourth-order valence-corrected chi connectivity index (χ4v) is 12.9. The Balaban J connectivity index is 0.771. The van der Waals surface area contributed by atoms with Crippen LogP contribution in [-0.4, -0.2) is 4.57 Å². The Labute approximate surface area is 438 Å². The molecule has 15 aromatic rings. The van der Waals surface area contributed by atoms with Gasteiger partial charge >= 0.3 is 0 Å². The predicted molar refractivity (Wildman–Crippen MR) is 323 cm³/mol. The summed E-state index contributed by atoms with van der Waals surface area (Å²) in [5.41, 5.74) is 16.4. The van der Waals surface area contributed by atoms with E-state index in [2.05, 4.69) is 289 Å². The number of fused-ring (bicyclic) bond motifs is 11. The van der Waals surface area contributed by atoms with Gasteiger partial charge in [-0.15, -0.1) is 11.3 Å². The maximum absolute atomic E-state index is 2.39. The van der Waals surface area contributed by atoms with Gasteiger partial charge in [-0.25, -0.2) is 0 Å². The van der Waals surface area contributed by atoms with Gasteiger partial charge in [0.2, 0.25) is 0 Å². The van der Waals surface area contributed by atoms with Crippen LogP contribution in [0.3, 0.4) is 0 Å². The van der Waals surface area contributed by atoms with E-state index in [9.17, 15) is 0 Å². The quantitative estimate of drug-likeness (QED) is 0.138. The molecule has 13 aromatic carbocycles. The van der Waals surface area contributed by atoms with Gasteiger partial charge in [0.05, 0.1) is 11.0 Å². The molecule has 75 heavy (non-hydrogen) atoms. The summed E-state index contributed by atoms with van der Waals surface area (Å²) in [6.07, 6.45) is 0. The third-order valence-corrected chi connectivity index (χ3v) is 16.6. The molecule has 2 aromatic heterocycles. The number of benzene rings is 13. The standard InChI is InChI=1S/C72H46N2S/c1-3-14-62-52(10-1)24-25-54-26-27-56(45-68(54)62)49-22-20-47(21-23-49)48-28-36-58(37-29-48)73(60-40-32-51(33-41-60)57-35-42-66-67-43-34-53-11-2-4-15-63(53)72(67)75-71(66)46-57)59-38-30-50(31-39-59)55-12-9-13-61(44-55)74-69-18-7-5-16-64(69)65-17-6-8-19-70(65)74/h1-46H. The first-order valence-corrected chi connectivity index (χ1v) is 26.5. The van der Waals surface area contributed by atoms with Crippen molar-refractivity contribution in [1.82, 2.24) is 4.57 Å². The lowest BCUT2D eigenvalue weighted by Gasteiger charge is -2.26. The highest BCUT2D eigenvalue weighted by Crippen LogP contribution is 2.43. The van der Waals surface area contributed by atoms with Crippen LogP contribution in [-0.2, 0) is 0 Å². The first-order valence-electron chi connectivity index (χ1n) is 25.7. The molecule has 0 spiro atoms. The average molecular weight is 971 g/mol. The van der Waals surface area contributed by atoms with Crippen molar-refractivity contribution in [2.24, 2.45) is 0 Å². The molecular weight excluding hydrogens is 925 g/mol. The molecular formula is C72H46N2S. The Kier molecular flexibility index (Phi) is 10.1. The number of anilines is 3. The maximum Gasteiger partial charge on any atom is 0.0541 e. The molecule has 0 amide bonds. The topological polar surface area (TPSA) is 8.17 Å². The lowest BCUT2D eigenvalue weighted by atomic mass is 9.96. The summed E-state index contributed by atoms with van der Waals surface area (Å²) >= 11 is 1.89. The zero-order chi connectivity index (χ0) is 49.4. The number of thiophene rings is 1. The lowest BCUT2D eigenvalue weighted by molar-refractivity contribution is 1.18. The Hall–Kier alpha value is -9.54. The number of hydrogen-bond donors (Lipinski definition) is 0. The Bertz CT molecular complexity index is 4620. The highest BCUT2D eigenvalue weighted by molar-refractivity contribution is 7.26. The highest BCUT2D eigenvalue weighted by atomic mass is 32.1. The monoisotopic (exact) mass is 970 g/mol. The van der Waals surface area contributed by atoms with Crippen molar-refractivity contribution < 1.29 is 0 Å². The van der Waals surface area contributed by atoms with Gasteiger partial charge in [0.25, 0.3) is 0 Å². The van der Waals surface area contributed by atoms with Crippen molar-refractivity contribution in [3.05, 3.63) is 279 Å². The van der Waals surface area contributed by atoms with Crippen LogP contribution in [0.1, 0.15) is 0 Å². The van der Waals surface area contributed by atoms with Crippen molar-refractivity contribution in [2.75, 3.05) is 4.90 Å². The van der Waals surface area contributed by atoms with Gasteiger partial charge in [-0.1, -0.05) is 206 Å². The van der Waals surface area contributed by atoms with E-state index in [1.807, 2.05) is 11.3 Å². The lowest BCUT2D eigenvalue weighted by Crippen LogP contribution is -2.09. The van der Waals surface area contributed by atoms with Crippen molar-refractivity contribution in [3.63, 3.8) is 0 Å². The van der Waals surface area contributed by atoms with Crippen molar-refractivity contribution in [2.45, 2.75) is 0 Å². The minimum Gasteiger partial charge on any atom is -0.311 e. The Morgan fingerprint density at radius 3 is 1.28 bits per heavy atom. The number of nitrogens with zero attached hydrogens (tertiary/aromatic N) is 2. The highest BCUT2D eigenvalue weighted by Gasteiger charge is 2.17. The van der Waals surface area contributed by atoms with Crippen LogP contribution in [0.15, 0.2) is 279 Å². The Morgan fingerprint density at radius 2 is 0.667 bits per heavy atom. The summed E-state index contributed by atoms with van der Waals surface area (Å²) in [5.74, 6) is 0. The van der Waals surface area contributed by atoms with E-state index < -0.39 is 0 Å². The first-order chi connectivity index (χ1) is 37.1. The van der Waals surface area contributed by atoms with Crippen molar-refractivity contribution in [1.29, 1.82) is 0 Å². The molecule has 0 aliphatic rings. The molecule has 0 N–H and O–H groups in total. The molecule has 2 heterocycles. The molecule has 0 saturated heterocycles. The van der Waals surface area contributed by atoms with E-state index in [4.69, 9.17) is 0 Å². The summed E-state index contributed by atoms with van der Waals surface area (Å²) in [6.45, 7) is 0. The van der Waals surface area contributed by atoms with E-state index in [1.165, 1.54) is 113 Å². The van der Waals surface area contributed by atoms with Gasteiger partial charge < -0.3 is 9.47 Å². The fourth-order valence-electron chi connectivity index (χ4n) is 11.6. The molecule has 0 atom stereocenters. The van der Waals surface area contributed by atoms with Gasteiger partial charge in [-0.2, -0.15) is 0 Å². The summed E-state index contributed by atoms with van der Waals surface area (Å²) in [4.78, 5) is 2.37. The van der Waals surface area contributed by atoms with Gasteiger partial charge in [0, 0.05) is 53.7 Å². The van der Waals surface area contributed by atoms with Crippen LogP contribution in [0.4, 0.5) is 17.1 Å². The van der Waals surface area contributed by atoms with E-state index in [-0.39, 0.29) is 0 Å². The maximum atomic E-state index is 2.39. The van der Waals surface area contributed by atoms with E-state index in [0.29, 0.717) is 0 Å². The molecule has 350 valence electrons. The summed E-state index contributed by atoms with van der Waals surface area (Å²) in [6, 6.07) is 103. The smallest absolute Gasteiger partial charge is 0.0541 e. The Morgan fingerprint density at radius 1 is 0.253 bits per heavy atom. The van der Waals surface area contributed by atoms with E-state index in [1.54, 1.807) is 0 Å². The molecule has 0 bridgehead atoms. The van der Waals surface area contributed by atoms with Crippen molar-refractivity contribution in [3.8, 4) is 50.2 Å². The van der Waals surface area contributed by atoms with Gasteiger partial charge in [0.15, 0.2) is 0 Å². The number of rotatable bonds is 8. The van der Waals surface area contributed by atoms with Crippen LogP contribution in [0.5, 0.6) is 0 Å². The van der Waals surface area contributed by atoms with E-state index in [0.717, 1.165) is 28.3 Å². The molecule has 0 saturated carbocycles. The van der Waals surface area contributed by atoms with Gasteiger partial charge in [-0.05, 0) is 150 Å². The fraction of sp³-hybridized carbons (Fsp3) is 0. The van der Waals surface area contributed by atoms with Crippen molar-refractivity contribution >= 4 is 103 Å². The molecule has 0 aliphatic heterocycles. The normalized spacial score (nSPS) is 11.7. The molecule has 0 radical (unpaired) electrons. The number of para-hydroxylation sites is 2. The van der Waals surface area contributed by atoms with Gasteiger partial charge in [-0.3, -0.25) is 0 Å². The second-order valence-corrected chi connectivity index (χ2v) is 20.7. The zero-order valence-electron chi connectivity index (χ0n) is 40.9. The summed E-state index contributed by atoms with van der Waals surface area (Å²) in [7, 11) is 0. The van der Waals surface area contributed by atoms with Crippen LogP contribution in [0.25, 0.3) is 124 Å². The van der Waals surface area contributed by atoms with Crippen LogP contribution in [0.2, 0.25) is 0 Å². The third kappa shape index (κ3) is 7.39. The molecule has 3 heteroatoms. The average Bonchev–Trinajstić information content (AvgIpc) is 4.06. The minimum atomic E-state index is 1.09. The van der Waals surface area contributed by atoms with Crippen LogP contribution < -0.4 is 4.90 Å². The molecule has 15 rings (SSSR count). The largest absolute Gasteiger partial charge is 0.311 e. The zero-order valence-corrected chi connectivity index (χ0v) is 41.7. The van der Waals surface area contributed by atoms with E-state index >= 15 is 0 Å². The summed E-state index contributed by atoms with van der Waals surface area (Å²) < 4.78 is 5.05. The number of hydrogen-bond acceptors (Lipinski definition) is 2. The van der Waals surface area contributed by atoms with Crippen LogP contribution in [0, 0.1) is 0 Å². The predicted octanol–water partition coefficient (Wildman–Crippen LogP) is 20.7. The molecule has 0 unspecified atom stereocenters.